The van der Waals surface area contributed by atoms with E-state index in [1.165, 1.54) is 38.5 Å². The van der Waals surface area contributed by atoms with E-state index in [1.54, 1.807) is 0 Å². The summed E-state index contributed by atoms with van der Waals surface area (Å²) >= 11 is 0. The van der Waals surface area contributed by atoms with Gasteiger partial charge in [0, 0.05) is 12.0 Å². The van der Waals surface area contributed by atoms with Crippen LogP contribution >= 0.6 is 0 Å². The van der Waals surface area contributed by atoms with Gasteiger partial charge in [-0.05, 0) is 31.6 Å². The molecule has 2 nitrogen and oxygen atoms in total. The molecule has 2 atom stereocenters. The molecule has 0 aromatic rings. The van der Waals surface area contributed by atoms with Crippen molar-refractivity contribution < 1.29 is 4.79 Å². The van der Waals surface area contributed by atoms with Crippen LogP contribution in [0.15, 0.2) is 0 Å². The lowest BCUT2D eigenvalue weighted by atomic mass is 9.87. The van der Waals surface area contributed by atoms with Crippen LogP contribution in [0.2, 0.25) is 0 Å². The number of nitrogens with one attached hydrogen (secondary N) is 1. The van der Waals surface area contributed by atoms with Crippen LogP contribution in [0.4, 0.5) is 0 Å². The van der Waals surface area contributed by atoms with Crippen LogP contribution in [0.1, 0.15) is 71.6 Å². The van der Waals surface area contributed by atoms with E-state index in [9.17, 15) is 4.79 Å². The molecule has 0 amide bonds. The van der Waals surface area contributed by atoms with Crippen molar-refractivity contribution in [2.45, 2.75) is 83.7 Å². The fourth-order valence-corrected chi connectivity index (χ4v) is 3.57. The van der Waals surface area contributed by atoms with Crippen molar-refractivity contribution >= 4 is 5.78 Å². The van der Waals surface area contributed by atoms with Crippen LogP contribution in [-0.4, -0.2) is 17.9 Å². The zero-order valence-corrected chi connectivity index (χ0v) is 12.1. The normalized spacial score (nSPS) is 25.4. The molecule has 2 unspecified atom stereocenters. The molecular formula is C16H29NO. The van der Waals surface area contributed by atoms with E-state index < -0.39 is 0 Å². The van der Waals surface area contributed by atoms with Gasteiger partial charge in [0.1, 0.15) is 0 Å². The Morgan fingerprint density at radius 2 is 1.67 bits per heavy atom. The van der Waals surface area contributed by atoms with E-state index in [-0.39, 0.29) is 6.04 Å². The van der Waals surface area contributed by atoms with Gasteiger partial charge in [0.05, 0.1) is 6.04 Å². The lowest BCUT2D eigenvalue weighted by Crippen LogP contribution is -2.48. The number of ketones is 1. The molecule has 0 aliphatic heterocycles. The lowest BCUT2D eigenvalue weighted by molar-refractivity contribution is -0.126. The number of carbonyl (C=O) groups is 1. The Hall–Kier alpha value is -0.370. The first kappa shape index (κ1) is 14.0. The molecule has 0 aromatic carbocycles. The SMILES string of the molecule is CCC(C)C(NC1CCCC1)C(=O)C1CCCC1. The van der Waals surface area contributed by atoms with Gasteiger partial charge in [-0.2, -0.15) is 0 Å². The molecule has 2 rings (SSSR count). The summed E-state index contributed by atoms with van der Waals surface area (Å²) in [5.41, 5.74) is 0. The van der Waals surface area contributed by atoms with Gasteiger partial charge < -0.3 is 5.32 Å². The van der Waals surface area contributed by atoms with Crippen molar-refractivity contribution in [3.05, 3.63) is 0 Å². The van der Waals surface area contributed by atoms with Crippen molar-refractivity contribution in [2.75, 3.05) is 0 Å². The van der Waals surface area contributed by atoms with E-state index >= 15 is 0 Å². The van der Waals surface area contributed by atoms with Crippen molar-refractivity contribution in [1.29, 1.82) is 0 Å². The standard InChI is InChI=1S/C16H29NO/c1-3-12(2)15(17-14-10-6-7-11-14)16(18)13-8-4-5-9-13/h12-15,17H,3-11H2,1-2H3. The molecule has 0 spiro atoms. The van der Waals surface area contributed by atoms with Crippen LogP contribution in [0, 0.1) is 11.8 Å². The fourth-order valence-electron chi connectivity index (χ4n) is 3.57. The molecule has 0 bridgehead atoms. The van der Waals surface area contributed by atoms with Crippen LogP contribution in [0.5, 0.6) is 0 Å². The maximum absolute atomic E-state index is 12.7. The number of rotatable bonds is 6. The Balaban J connectivity index is 1.96. The van der Waals surface area contributed by atoms with Gasteiger partial charge in [-0.1, -0.05) is 46.0 Å². The predicted octanol–water partition coefficient (Wildman–Crippen LogP) is 3.69. The van der Waals surface area contributed by atoms with Crippen molar-refractivity contribution in [2.24, 2.45) is 11.8 Å². The molecule has 2 aliphatic rings. The van der Waals surface area contributed by atoms with E-state index in [0.29, 0.717) is 23.7 Å². The van der Waals surface area contributed by atoms with Crippen LogP contribution < -0.4 is 5.32 Å². The zero-order valence-electron chi connectivity index (χ0n) is 12.1. The van der Waals surface area contributed by atoms with Crippen molar-refractivity contribution in [3.8, 4) is 0 Å². The fraction of sp³-hybridized carbons (Fsp3) is 0.938. The summed E-state index contributed by atoms with van der Waals surface area (Å²) in [5.74, 6) is 1.37. The van der Waals surface area contributed by atoms with Gasteiger partial charge in [-0.3, -0.25) is 4.79 Å². The minimum Gasteiger partial charge on any atom is -0.304 e. The predicted molar refractivity (Wildman–Crippen MR) is 75.6 cm³/mol. The highest BCUT2D eigenvalue weighted by atomic mass is 16.1. The molecule has 0 saturated heterocycles. The average molecular weight is 251 g/mol. The molecule has 104 valence electrons. The minimum absolute atomic E-state index is 0.126. The average Bonchev–Trinajstić information content (AvgIpc) is 3.06. The topological polar surface area (TPSA) is 29.1 Å². The van der Waals surface area contributed by atoms with Crippen LogP contribution in [0.3, 0.4) is 0 Å². The van der Waals surface area contributed by atoms with E-state index in [4.69, 9.17) is 0 Å². The van der Waals surface area contributed by atoms with Crippen molar-refractivity contribution in [3.63, 3.8) is 0 Å². The summed E-state index contributed by atoms with van der Waals surface area (Å²) in [6, 6.07) is 0.732. The highest BCUT2D eigenvalue weighted by molar-refractivity contribution is 5.86. The second-order valence-electron chi connectivity index (χ2n) is 6.39. The number of Topliss-reactive ketones (excluding diaryl/α,β-unsaturated/α-hetero) is 1. The first-order valence-electron chi connectivity index (χ1n) is 8.02. The quantitative estimate of drug-likeness (QED) is 0.780. The van der Waals surface area contributed by atoms with Gasteiger partial charge in [-0.25, -0.2) is 0 Å². The molecule has 2 heteroatoms. The smallest absolute Gasteiger partial charge is 0.153 e. The summed E-state index contributed by atoms with van der Waals surface area (Å²) in [4.78, 5) is 12.7. The third kappa shape index (κ3) is 3.34. The van der Waals surface area contributed by atoms with Gasteiger partial charge >= 0.3 is 0 Å². The van der Waals surface area contributed by atoms with E-state index in [0.717, 1.165) is 19.3 Å². The molecule has 1 N–H and O–H groups in total. The molecular weight excluding hydrogens is 222 g/mol. The maximum atomic E-state index is 12.7. The number of carbonyl (C=O) groups excluding carboxylic acids is 1. The Bertz CT molecular complexity index is 264. The summed E-state index contributed by atoms with van der Waals surface area (Å²) in [7, 11) is 0. The van der Waals surface area contributed by atoms with Crippen LogP contribution in [-0.2, 0) is 4.79 Å². The molecule has 2 saturated carbocycles. The van der Waals surface area contributed by atoms with Gasteiger partial charge in [0.2, 0.25) is 0 Å². The highest BCUT2D eigenvalue weighted by Gasteiger charge is 2.33. The minimum atomic E-state index is 0.126. The third-order valence-corrected chi connectivity index (χ3v) is 5.05. The Morgan fingerprint density at radius 3 is 2.22 bits per heavy atom. The van der Waals surface area contributed by atoms with E-state index in [2.05, 4.69) is 19.2 Å². The van der Waals surface area contributed by atoms with E-state index in [1.807, 2.05) is 0 Å². The van der Waals surface area contributed by atoms with Gasteiger partial charge in [-0.15, -0.1) is 0 Å². The Labute approximate surface area is 112 Å². The second-order valence-corrected chi connectivity index (χ2v) is 6.39. The summed E-state index contributed by atoms with van der Waals surface area (Å²) in [6.07, 6.45) is 11.1. The summed E-state index contributed by atoms with van der Waals surface area (Å²) < 4.78 is 0. The highest BCUT2D eigenvalue weighted by Crippen LogP contribution is 2.29. The molecule has 0 heterocycles. The van der Waals surface area contributed by atoms with Gasteiger partial charge in [0.15, 0.2) is 5.78 Å². The third-order valence-electron chi connectivity index (χ3n) is 5.05. The molecule has 2 aliphatic carbocycles. The number of hydrogen-bond acceptors (Lipinski definition) is 2. The first-order valence-corrected chi connectivity index (χ1v) is 8.02. The van der Waals surface area contributed by atoms with Gasteiger partial charge in [0.25, 0.3) is 0 Å². The van der Waals surface area contributed by atoms with Crippen LogP contribution in [0.25, 0.3) is 0 Å². The molecule has 0 radical (unpaired) electrons. The molecule has 0 aromatic heterocycles. The lowest BCUT2D eigenvalue weighted by Gasteiger charge is -2.28. The molecule has 2 fully saturated rings. The van der Waals surface area contributed by atoms with Crippen molar-refractivity contribution in [1.82, 2.24) is 5.32 Å². The second kappa shape index (κ2) is 6.70. The summed E-state index contributed by atoms with van der Waals surface area (Å²) in [6.45, 7) is 4.44. The zero-order chi connectivity index (χ0) is 13.0. The Morgan fingerprint density at radius 1 is 1.11 bits per heavy atom. The summed E-state index contributed by atoms with van der Waals surface area (Å²) in [5, 5.41) is 3.69. The monoisotopic (exact) mass is 251 g/mol. The molecule has 18 heavy (non-hydrogen) atoms. The first-order chi connectivity index (χ1) is 8.72. The largest absolute Gasteiger partial charge is 0.304 e. The number of hydrogen-bond donors (Lipinski definition) is 1. The Kier molecular flexibility index (Phi) is 5.23. The maximum Gasteiger partial charge on any atom is 0.153 e.